The van der Waals surface area contributed by atoms with Crippen LogP contribution < -0.4 is 5.32 Å². The molecule has 0 fully saturated rings. The molecule has 0 radical (unpaired) electrons. The minimum Gasteiger partial charge on any atom is -0.480 e. The molecule has 1 rings (SSSR count). The van der Waals surface area contributed by atoms with Crippen LogP contribution >= 0.6 is 0 Å². The van der Waals surface area contributed by atoms with E-state index in [0.29, 0.717) is 0 Å². The lowest BCUT2D eigenvalue weighted by Gasteiger charge is -2.18. The highest BCUT2D eigenvalue weighted by atomic mass is 19.1. The number of benzene rings is 1. The highest BCUT2D eigenvalue weighted by Gasteiger charge is 2.21. The van der Waals surface area contributed by atoms with E-state index in [1.54, 1.807) is 13.8 Å². The summed E-state index contributed by atoms with van der Waals surface area (Å²) in [6.07, 6.45) is 0. The summed E-state index contributed by atoms with van der Waals surface area (Å²) in [6, 6.07) is 2.73. The third-order valence-electron chi connectivity index (χ3n) is 2.49. The molecule has 2 N–H and O–H groups in total. The number of nitrogens with one attached hydrogen (secondary N) is 1. The van der Waals surface area contributed by atoms with Crippen molar-refractivity contribution >= 4 is 5.97 Å². The molecule has 1 aromatic carbocycles. The molecule has 0 amide bonds. The van der Waals surface area contributed by atoms with Crippen molar-refractivity contribution < 1.29 is 18.7 Å². The van der Waals surface area contributed by atoms with Gasteiger partial charge in [0.05, 0.1) is 0 Å². The molecule has 94 valence electrons. The molecule has 1 unspecified atom stereocenters. The van der Waals surface area contributed by atoms with Gasteiger partial charge >= 0.3 is 5.97 Å². The predicted octanol–water partition coefficient (Wildman–Crippen LogP) is 2.16. The minimum atomic E-state index is -1.03. The van der Waals surface area contributed by atoms with E-state index in [9.17, 15) is 13.6 Å². The molecule has 1 atom stereocenters. The lowest BCUT2D eigenvalue weighted by Crippen LogP contribution is -2.40. The molecular weight excluding hydrogens is 228 g/mol. The highest BCUT2D eigenvalue weighted by molar-refractivity contribution is 5.73. The molecular formula is C12H15F2NO2. The van der Waals surface area contributed by atoms with Crippen LogP contribution in [0.25, 0.3) is 0 Å². The molecule has 0 heterocycles. The van der Waals surface area contributed by atoms with Crippen LogP contribution in [-0.4, -0.2) is 17.1 Å². The fraction of sp³-hybridized carbons (Fsp3) is 0.417. The molecule has 0 aliphatic carbocycles. The van der Waals surface area contributed by atoms with Crippen molar-refractivity contribution in [3.63, 3.8) is 0 Å². The van der Waals surface area contributed by atoms with Gasteiger partial charge < -0.3 is 5.11 Å². The summed E-state index contributed by atoms with van der Waals surface area (Å²) in [4.78, 5) is 10.9. The van der Waals surface area contributed by atoms with Gasteiger partial charge in [0.1, 0.15) is 17.7 Å². The van der Waals surface area contributed by atoms with Crippen LogP contribution in [0, 0.1) is 17.6 Å². The Bertz CT molecular complexity index is 387. The summed E-state index contributed by atoms with van der Waals surface area (Å²) < 4.78 is 26.6. The first-order valence-corrected chi connectivity index (χ1v) is 5.32. The van der Waals surface area contributed by atoms with Gasteiger partial charge in [-0.15, -0.1) is 0 Å². The SMILES string of the molecule is CC(C)C(NCc1c(F)cccc1F)C(=O)O. The van der Waals surface area contributed by atoms with Gasteiger partial charge in [0, 0.05) is 12.1 Å². The van der Waals surface area contributed by atoms with E-state index in [2.05, 4.69) is 5.32 Å². The summed E-state index contributed by atoms with van der Waals surface area (Å²) in [7, 11) is 0. The van der Waals surface area contributed by atoms with E-state index in [4.69, 9.17) is 5.11 Å². The van der Waals surface area contributed by atoms with E-state index < -0.39 is 23.6 Å². The molecule has 0 spiro atoms. The second-order valence-electron chi connectivity index (χ2n) is 4.14. The van der Waals surface area contributed by atoms with E-state index in [1.165, 1.54) is 6.07 Å². The van der Waals surface area contributed by atoms with Gasteiger partial charge in [-0.25, -0.2) is 8.78 Å². The number of halogens is 2. The van der Waals surface area contributed by atoms with Crippen LogP contribution in [0.4, 0.5) is 8.78 Å². The molecule has 0 saturated carbocycles. The van der Waals surface area contributed by atoms with E-state index in [1.807, 2.05) is 0 Å². The Hall–Kier alpha value is -1.49. The number of carboxylic acid groups (broad SMARTS) is 1. The molecule has 5 heteroatoms. The lowest BCUT2D eigenvalue weighted by molar-refractivity contribution is -0.140. The van der Waals surface area contributed by atoms with Crippen LogP contribution in [0.3, 0.4) is 0 Å². The molecule has 3 nitrogen and oxygen atoms in total. The number of rotatable bonds is 5. The largest absolute Gasteiger partial charge is 0.480 e. The zero-order valence-corrected chi connectivity index (χ0v) is 9.71. The number of hydrogen-bond acceptors (Lipinski definition) is 2. The van der Waals surface area contributed by atoms with Crippen LogP contribution in [-0.2, 0) is 11.3 Å². The summed E-state index contributed by atoms with van der Waals surface area (Å²) in [5.41, 5.74) is -0.139. The van der Waals surface area contributed by atoms with Crippen LogP contribution in [0.1, 0.15) is 19.4 Å². The molecule has 17 heavy (non-hydrogen) atoms. The second-order valence-corrected chi connectivity index (χ2v) is 4.14. The molecule has 0 aromatic heterocycles. The third-order valence-corrected chi connectivity index (χ3v) is 2.49. The van der Waals surface area contributed by atoms with Gasteiger partial charge in [-0.3, -0.25) is 10.1 Å². The zero-order valence-electron chi connectivity index (χ0n) is 9.71. The van der Waals surface area contributed by atoms with Crippen LogP contribution in [0.15, 0.2) is 18.2 Å². The fourth-order valence-corrected chi connectivity index (χ4v) is 1.52. The summed E-state index contributed by atoms with van der Waals surface area (Å²) in [5, 5.41) is 11.5. The van der Waals surface area contributed by atoms with Crippen molar-refractivity contribution in [1.29, 1.82) is 0 Å². The highest BCUT2D eigenvalue weighted by Crippen LogP contribution is 2.12. The average Bonchev–Trinajstić information content (AvgIpc) is 2.21. The van der Waals surface area contributed by atoms with Crippen molar-refractivity contribution in [1.82, 2.24) is 5.32 Å². The number of hydrogen-bond donors (Lipinski definition) is 2. The maximum absolute atomic E-state index is 13.3. The lowest BCUT2D eigenvalue weighted by atomic mass is 10.0. The first-order valence-electron chi connectivity index (χ1n) is 5.32. The maximum atomic E-state index is 13.3. The Morgan fingerprint density at radius 3 is 2.29 bits per heavy atom. The molecule has 1 aromatic rings. The Morgan fingerprint density at radius 1 is 1.35 bits per heavy atom. The van der Waals surface area contributed by atoms with Crippen LogP contribution in [0.5, 0.6) is 0 Å². The van der Waals surface area contributed by atoms with Gasteiger partial charge in [0.15, 0.2) is 0 Å². The maximum Gasteiger partial charge on any atom is 0.320 e. The first-order chi connectivity index (χ1) is 7.93. The molecule has 0 aliphatic rings. The molecule has 0 saturated heterocycles. The quantitative estimate of drug-likeness (QED) is 0.833. The summed E-state index contributed by atoms with van der Waals surface area (Å²) in [5.74, 6) is -2.55. The van der Waals surface area contributed by atoms with Crippen molar-refractivity contribution in [2.24, 2.45) is 5.92 Å². The molecule has 0 bridgehead atoms. The Kier molecular flexibility index (Phi) is 4.57. The standard InChI is InChI=1S/C12H15F2NO2/c1-7(2)11(12(16)17)15-6-8-9(13)4-3-5-10(8)14/h3-5,7,11,15H,6H2,1-2H3,(H,16,17). The fourth-order valence-electron chi connectivity index (χ4n) is 1.52. The van der Waals surface area contributed by atoms with Gasteiger partial charge in [0.25, 0.3) is 0 Å². The smallest absolute Gasteiger partial charge is 0.320 e. The van der Waals surface area contributed by atoms with Crippen molar-refractivity contribution in [2.75, 3.05) is 0 Å². The van der Waals surface area contributed by atoms with Gasteiger partial charge in [-0.2, -0.15) is 0 Å². The topological polar surface area (TPSA) is 49.3 Å². The first kappa shape index (κ1) is 13.6. The average molecular weight is 243 g/mol. The Morgan fingerprint density at radius 2 is 1.88 bits per heavy atom. The van der Waals surface area contributed by atoms with Gasteiger partial charge in [-0.05, 0) is 18.1 Å². The van der Waals surface area contributed by atoms with E-state index >= 15 is 0 Å². The van der Waals surface area contributed by atoms with Gasteiger partial charge in [0.2, 0.25) is 0 Å². The summed E-state index contributed by atoms with van der Waals surface area (Å²) >= 11 is 0. The predicted molar refractivity (Wildman–Crippen MR) is 59.5 cm³/mol. The number of carbonyl (C=O) groups is 1. The Labute approximate surface area is 98.5 Å². The summed E-state index contributed by atoms with van der Waals surface area (Å²) in [6.45, 7) is 3.31. The van der Waals surface area contributed by atoms with Crippen LogP contribution in [0.2, 0.25) is 0 Å². The van der Waals surface area contributed by atoms with Crippen molar-refractivity contribution in [3.05, 3.63) is 35.4 Å². The Balaban J connectivity index is 2.75. The third kappa shape index (κ3) is 3.49. The van der Waals surface area contributed by atoms with Crippen molar-refractivity contribution in [3.8, 4) is 0 Å². The van der Waals surface area contributed by atoms with Crippen molar-refractivity contribution in [2.45, 2.75) is 26.4 Å². The van der Waals surface area contributed by atoms with E-state index in [-0.39, 0.29) is 18.0 Å². The monoisotopic (exact) mass is 243 g/mol. The van der Waals surface area contributed by atoms with E-state index in [0.717, 1.165) is 12.1 Å². The molecule has 0 aliphatic heterocycles. The normalized spacial score (nSPS) is 12.8. The minimum absolute atomic E-state index is 0.139. The number of aliphatic carboxylic acids is 1. The zero-order chi connectivity index (χ0) is 13.0. The number of carboxylic acids is 1. The van der Waals surface area contributed by atoms with Gasteiger partial charge in [-0.1, -0.05) is 19.9 Å². The second kappa shape index (κ2) is 5.72.